The van der Waals surface area contributed by atoms with Gasteiger partial charge in [0.05, 0.1) is 6.04 Å². The van der Waals surface area contributed by atoms with Gasteiger partial charge in [0.1, 0.15) is 24.1 Å². The summed E-state index contributed by atoms with van der Waals surface area (Å²) in [4.78, 5) is 64.3. The molecule has 44 heavy (non-hydrogen) atoms. The molecule has 4 atom stereocenters. The highest BCUT2D eigenvalue weighted by atomic mass is 16.5. The number of rotatable bonds is 14. The second-order valence-electron chi connectivity index (χ2n) is 11.8. The molecule has 1 aromatic heterocycles. The number of piperidine rings is 1. The van der Waals surface area contributed by atoms with Crippen LogP contribution in [-0.2, 0) is 25.6 Å². The van der Waals surface area contributed by atoms with E-state index in [1.807, 2.05) is 56.3 Å². The highest BCUT2D eigenvalue weighted by Crippen LogP contribution is 2.21. The summed E-state index contributed by atoms with van der Waals surface area (Å²) in [5.74, 6) is -1.64. The first-order valence-corrected chi connectivity index (χ1v) is 15.2. The number of benzene rings is 2. The highest BCUT2D eigenvalue weighted by Gasteiger charge is 2.31. The molecule has 1 aliphatic rings. The van der Waals surface area contributed by atoms with Gasteiger partial charge in [-0.3, -0.25) is 19.2 Å². The molecule has 0 spiro atoms. The topological polar surface area (TPSA) is 160 Å². The zero-order valence-corrected chi connectivity index (χ0v) is 25.4. The average molecular weight is 604 g/mol. The summed E-state index contributed by atoms with van der Waals surface area (Å²) in [6, 6.07) is 12.5. The van der Waals surface area contributed by atoms with E-state index in [9.17, 15) is 24.0 Å². The summed E-state index contributed by atoms with van der Waals surface area (Å²) < 4.78 is 5.04. The van der Waals surface area contributed by atoms with Gasteiger partial charge in [0.2, 0.25) is 17.7 Å². The Morgan fingerprint density at radius 2 is 1.80 bits per heavy atom. The second kappa shape index (κ2) is 15.3. The minimum absolute atomic E-state index is 0.0340. The SMILES string of the molecule is Cc1cc(C(=O)N[C@@H](CCc2cccc3ccccc23)C(=O)N[C@@H](CC(C)C)C(=O)N[C@H](C=O)C[C@@H]2CCCNC2=O)no1. The van der Waals surface area contributed by atoms with Gasteiger partial charge in [-0.2, -0.15) is 0 Å². The van der Waals surface area contributed by atoms with Gasteiger partial charge in [-0.05, 0) is 67.7 Å². The molecule has 4 rings (SSSR count). The molecule has 11 heteroatoms. The van der Waals surface area contributed by atoms with Crippen molar-refractivity contribution in [2.45, 2.75) is 77.4 Å². The van der Waals surface area contributed by atoms with Crippen molar-refractivity contribution in [2.24, 2.45) is 11.8 Å². The summed E-state index contributed by atoms with van der Waals surface area (Å²) in [6.07, 6.45) is 3.30. The second-order valence-corrected chi connectivity index (χ2v) is 11.8. The molecule has 4 N–H and O–H groups in total. The number of hydrogen-bond donors (Lipinski definition) is 4. The lowest BCUT2D eigenvalue weighted by molar-refractivity contribution is -0.132. The Labute approximate surface area is 256 Å². The van der Waals surface area contributed by atoms with Crippen molar-refractivity contribution in [2.75, 3.05) is 6.54 Å². The molecule has 11 nitrogen and oxygen atoms in total. The number of hydrogen-bond acceptors (Lipinski definition) is 7. The third kappa shape index (κ3) is 8.75. The Bertz CT molecular complexity index is 1480. The summed E-state index contributed by atoms with van der Waals surface area (Å²) >= 11 is 0. The van der Waals surface area contributed by atoms with E-state index in [4.69, 9.17) is 4.52 Å². The number of aryl methyl sites for hydroxylation is 2. The van der Waals surface area contributed by atoms with E-state index in [1.54, 1.807) is 6.92 Å². The summed E-state index contributed by atoms with van der Waals surface area (Å²) in [6.45, 7) is 6.10. The van der Waals surface area contributed by atoms with Crippen LogP contribution < -0.4 is 21.3 Å². The molecule has 0 unspecified atom stereocenters. The van der Waals surface area contributed by atoms with Crippen LogP contribution in [0.3, 0.4) is 0 Å². The summed E-state index contributed by atoms with van der Waals surface area (Å²) in [5, 5.41) is 17.0. The number of aldehydes is 1. The molecule has 3 aromatic rings. The van der Waals surface area contributed by atoms with Gasteiger partial charge in [-0.15, -0.1) is 0 Å². The van der Waals surface area contributed by atoms with E-state index in [1.165, 1.54) is 6.07 Å². The van der Waals surface area contributed by atoms with Gasteiger partial charge < -0.3 is 30.6 Å². The zero-order chi connectivity index (χ0) is 31.6. The molecule has 234 valence electrons. The number of carbonyl (C=O) groups excluding carboxylic acids is 5. The number of aromatic nitrogens is 1. The van der Waals surface area contributed by atoms with Crippen molar-refractivity contribution < 1.29 is 28.5 Å². The minimum atomic E-state index is -0.992. The number of fused-ring (bicyclic) bond motifs is 1. The van der Waals surface area contributed by atoms with Crippen LogP contribution in [0.4, 0.5) is 0 Å². The van der Waals surface area contributed by atoms with Gasteiger partial charge in [0.15, 0.2) is 5.69 Å². The first-order chi connectivity index (χ1) is 21.1. The van der Waals surface area contributed by atoms with Crippen LogP contribution in [0.2, 0.25) is 0 Å². The maximum Gasteiger partial charge on any atom is 0.274 e. The number of carbonyl (C=O) groups is 5. The van der Waals surface area contributed by atoms with E-state index in [-0.39, 0.29) is 36.3 Å². The van der Waals surface area contributed by atoms with Crippen LogP contribution in [0.15, 0.2) is 53.1 Å². The summed E-state index contributed by atoms with van der Waals surface area (Å²) in [5.41, 5.74) is 1.06. The number of amides is 4. The molecular weight excluding hydrogens is 562 g/mol. The van der Waals surface area contributed by atoms with E-state index in [2.05, 4.69) is 26.4 Å². The van der Waals surface area contributed by atoms with Gasteiger partial charge in [0.25, 0.3) is 5.91 Å². The maximum atomic E-state index is 13.7. The lowest BCUT2D eigenvalue weighted by atomic mass is 9.91. The molecule has 0 saturated carbocycles. The molecule has 4 amide bonds. The molecule has 0 radical (unpaired) electrons. The predicted octanol–water partition coefficient (Wildman–Crippen LogP) is 3.00. The first-order valence-electron chi connectivity index (χ1n) is 15.2. The lowest BCUT2D eigenvalue weighted by Gasteiger charge is -2.27. The van der Waals surface area contributed by atoms with Crippen LogP contribution in [0, 0.1) is 18.8 Å². The fourth-order valence-corrected chi connectivity index (χ4v) is 5.56. The monoisotopic (exact) mass is 603 g/mol. The van der Waals surface area contributed by atoms with Crippen LogP contribution in [0.5, 0.6) is 0 Å². The average Bonchev–Trinajstić information content (AvgIpc) is 3.45. The third-order valence-corrected chi connectivity index (χ3v) is 7.83. The smallest absolute Gasteiger partial charge is 0.274 e. The quantitative estimate of drug-likeness (QED) is 0.206. The zero-order valence-electron chi connectivity index (χ0n) is 25.4. The fraction of sp³-hybridized carbons (Fsp3) is 0.455. The molecule has 0 aliphatic carbocycles. The van der Waals surface area contributed by atoms with E-state index in [0.717, 1.165) is 22.8 Å². The van der Waals surface area contributed by atoms with Gasteiger partial charge in [-0.25, -0.2) is 0 Å². The Balaban J connectivity index is 1.50. The fourth-order valence-electron chi connectivity index (χ4n) is 5.56. The molecule has 0 bridgehead atoms. The molecule has 1 saturated heterocycles. The lowest BCUT2D eigenvalue weighted by Crippen LogP contribution is -2.56. The molecular formula is C33H41N5O6. The maximum absolute atomic E-state index is 13.7. The van der Waals surface area contributed by atoms with E-state index in [0.29, 0.717) is 37.9 Å². The molecule has 1 aliphatic heterocycles. The predicted molar refractivity (Wildman–Crippen MR) is 164 cm³/mol. The Morgan fingerprint density at radius 3 is 2.50 bits per heavy atom. The minimum Gasteiger partial charge on any atom is -0.361 e. The van der Waals surface area contributed by atoms with Crippen LogP contribution >= 0.6 is 0 Å². The Hall–Kier alpha value is -4.54. The van der Waals surface area contributed by atoms with Gasteiger partial charge in [0, 0.05) is 18.5 Å². The van der Waals surface area contributed by atoms with E-state index >= 15 is 0 Å². The largest absolute Gasteiger partial charge is 0.361 e. The van der Waals surface area contributed by atoms with Crippen LogP contribution in [-0.4, -0.2) is 59.7 Å². The molecule has 2 aromatic carbocycles. The van der Waals surface area contributed by atoms with Gasteiger partial charge >= 0.3 is 0 Å². The van der Waals surface area contributed by atoms with Crippen molar-refractivity contribution in [3.8, 4) is 0 Å². The molecule has 2 heterocycles. The normalized spacial score (nSPS) is 16.9. The van der Waals surface area contributed by atoms with Crippen molar-refractivity contribution >= 4 is 40.7 Å². The van der Waals surface area contributed by atoms with Crippen molar-refractivity contribution in [3.05, 3.63) is 65.5 Å². The van der Waals surface area contributed by atoms with E-state index < -0.39 is 35.8 Å². The first kappa shape index (κ1) is 32.4. The van der Waals surface area contributed by atoms with Crippen LogP contribution in [0.25, 0.3) is 10.8 Å². The number of nitrogens with zero attached hydrogens (tertiary/aromatic N) is 1. The van der Waals surface area contributed by atoms with Crippen molar-refractivity contribution in [1.29, 1.82) is 0 Å². The Kier molecular flexibility index (Phi) is 11.2. The Morgan fingerprint density at radius 1 is 1.05 bits per heavy atom. The third-order valence-electron chi connectivity index (χ3n) is 7.83. The van der Waals surface area contributed by atoms with Crippen LogP contribution in [0.1, 0.15) is 67.8 Å². The standard InChI is InChI=1S/C33H41N5O6/c1-20(2)16-28(32(42)35-25(19-39)18-24-11-7-15-34-30(24)40)37-31(41)27(36-33(43)29-17-21(3)44-38-29)14-13-23-10-6-9-22-8-4-5-12-26(22)23/h4-6,8-10,12,17,19-20,24-25,27-28H,7,11,13-16,18H2,1-3H3,(H,34,40)(H,35,42)(H,36,43)(H,37,41)/t24-,25-,27-,28-/m0/s1. The highest BCUT2D eigenvalue weighted by molar-refractivity contribution is 5.97. The summed E-state index contributed by atoms with van der Waals surface area (Å²) in [7, 11) is 0. The van der Waals surface area contributed by atoms with Crippen molar-refractivity contribution in [3.63, 3.8) is 0 Å². The molecule has 1 fully saturated rings. The van der Waals surface area contributed by atoms with Crippen molar-refractivity contribution in [1.82, 2.24) is 26.4 Å². The number of nitrogens with one attached hydrogen (secondary N) is 4. The van der Waals surface area contributed by atoms with Gasteiger partial charge in [-0.1, -0.05) is 61.5 Å².